The van der Waals surface area contributed by atoms with Crippen molar-refractivity contribution in [3.05, 3.63) is 30.1 Å². The summed E-state index contributed by atoms with van der Waals surface area (Å²) in [6.45, 7) is 6.74. The predicted molar refractivity (Wildman–Crippen MR) is 78.3 cm³/mol. The Bertz CT molecular complexity index is 560. The second-order valence-electron chi connectivity index (χ2n) is 5.41. The molecule has 102 valence electrons. The van der Waals surface area contributed by atoms with Gasteiger partial charge in [-0.2, -0.15) is 0 Å². The third-order valence-electron chi connectivity index (χ3n) is 4.14. The van der Waals surface area contributed by atoms with E-state index in [1.54, 1.807) is 0 Å². The van der Waals surface area contributed by atoms with Crippen LogP contribution in [0.3, 0.4) is 0 Å². The Morgan fingerprint density at radius 2 is 2.21 bits per heavy atom. The van der Waals surface area contributed by atoms with Gasteiger partial charge in [-0.05, 0) is 19.1 Å². The fraction of sp³-hybridized carbons (Fsp3) is 0.533. The third kappa shape index (κ3) is 2.51. The third-order valence-corrected chi connectivity index (χ3v) is 4.14. The van der Waals surface area contributed by atoms with E-state index in [4.69, 9.17) is 4.98 Å². The molecule has 1 atom stereocenters. The lowest BCUT2D eigenvalue weighted by atomic mass is 10.2. The van der Waals surface area contributed by atoms with Crippen molar-refractivity contribution in [1.29, 1.82) is 0 Å². The van der Waals surface area contributed by atoms with Gasteiger partial charge in [0.1, 0.15) is 5.82 Å². The van der Waals surface area contributed by atoms with E-state index in [0.29, 0.717) is 6.04 Å². The standard InChI is InChI=1S/C15H22N4/c1-12-11-16-8-10-19(12)9-7-15-17-13-5-3-4-6-14(13)18(15)2/h3-6,12,16H,7-11H2,1-2H3/t12-/m1/s1. The molecule has 1 saturated heterocycles. The zero-order chi connectivity index (χ0) is 13.2. The maximum Gasteiger partial charge on any atom is 0.110 e. The molecule has 4 nitrogen and oxygen atoms in total. The van der Waals surface area contributed by atoms with E-state index in [0.717, 1.165) is 38.1 Å². The van der Waals surface area contributed by atoms with E-state index >= 15 is 0 Å². The van der Waals surface area contributed by atoms with Crippen LogP contribution in [-0.4, -0.2) is 46.7 Å². The molecular formula is C15H22N4. The average molecular weight is 258 g/mol. The number of imidazole rings is 1. The highest BCUT2D eigenvalue weighted by Gasteiger charge is 2.18. The molecule has 0 aliphatic carbocycles. The Kier molecular flexibility index (Phi) is 3.53. The van der Waals surface area contributed by atoms with Crippen molar-refractivity contribution >= 4 is 11.0 Å². The minimum Gasteiger partial charge on any atom is -0.331 e. The second kappa shape index (κ2) is 5.31. The maximum absolute atomic E-state index is 4.74. The zero-order valence-corrected chi connectivity index (χ0v) is 11.8. The summed E-state index contributed by atoms with van der Waals surface area (Å²) in [6.07, 6.45) is 1.02. The van der Waals surface area contributed by atoms with E-state index in [1.165, 1.54) is 11.3 Å². The van der Waals surface area contributed by atoms with Gasteiger partial charge in [0.05, 0.1) is 11.0 Å². The number of nitrogens with zero attached hydrogens (tertiary/aromatic N) is 3. The Labute approximate surface area is 114 Å². The molecule has 19 heavy (non-hydrogen) atoms. The van der Waals surface area contributed by atoms with E-state index in [-0.39, 0.29) is 0 Å². The van der Waals surface area contributed by atoms with Crippen molar-refractivity contribution in [3.63, 3.8) is 0 Å². The van der Waals surface area contributed by atoms with Crippen LogP contribution in [-0.2, 0) is 13.5 Å². The normalized spacial score (nSPS) is 21.1. The topological polar surface area (TPSA) is 33.1 Å². The minimum atomic E-state index is 0.628. The Balaban J connectivity index is 1.73. The summed E-state index contributed by atoms with van der Waals surface area (Å²) in [5.74, 6) is 1.19. The van der Waals surface area contributed by atoms with Gasteiger partial charge in [0.15, 0.2) is 0 Å². The van der Waals surface area contributed by atoms with Crippen LogP contribution >= 0.6 is 0 Å². The van der Waals surface area contributed by atoms with E-state index in [9.17, 15) is 0 Å². The van der Waals surface area contributed by atoms with E-state index in [1.807, 2.05) is 0 Å². The number of para-hydroxylation sites is 2. The van der Waals surface area contributed by atoms with Gasteiger partial charge in [-0.1, -0.05) is 12.1 Å². The molecular weight excluding hydrogens is 236 g/mol. The van der Waals surface area contributed by atoms with Crippen molar-refractivity contribution in [2.75, 3.05) is 26.2 Å². The van der Waals surface area contributed by atoms with Gasteiger partial charge in [-0.15, -0.1) is 0 Å². The van der Waals surface area contributed by atoms with Crippen LogP contribution in [0.25, 0.3) is 11.0 Å². The van der Waals surface area contributed by atoms with Crippen LogP contribution in [0.4, 0.5) is 0 Å². The number of fused-ring (bicyclic) bond motifs is 1. The maximum atomic E-state index is 4.74. The van der Waals surface area contributed by atoms with Gasteiger partial charge < -0.3 is 9.88 Å². The quantitative estimate of drug-likeness (QED) is 0.903. The predicted octanol–water partition coefficient (Wildman–Crippen LogP) is 1.41. The Morgan fingerprint density at radius 1 is 1.37 bits per heavy atom. The lowest BCUT2D eigenvalue weighted by molar-refractivity contribution is 0.174. The molecule has 0 spiro atoms. The molecule has 1 aliphatic rings. The Hall–Kier alpha value is -1.39. The summed E-state index contributed by atoms with van der Waals surface area (Å²) >= 11 is 0. The van der Waals surface area contributed by atoms with Gasteiger partial charge in [-0.3, -0.25) is 4.90 Å². The molecule has 1 fully saturated rings. The monoisotopic (exact) mass is 258 g/mol. The summed E-state index contributed by atoms with van der Waals surface area (Å²) < 4.78 is 2.22. The highest BCUT2D eigenvalue weighted by molar-refractivity contribution is 5.75. The number of aryl methyl sites for hydroxylation is 1. The van der Waals surface area contributed by atoms with Crippen LogP contribution in [0.5, 0.6) is 0 Å². The largest absolute Gasteiger partial charge is 0.331 e. The van der Waals surface area contributed by atoms with Gasteiger partial charge in [-0.25, -0.2) is 4.98 Å². The van der Waals surface area contributed by atoms with Crippen molar-refractivity contribution in [2.45, 2.75) is 19.4 Å². The SMILES string of the molecule is C[C@@H]1CNCCN1CCc1nc2ccccc2n1C. The molecule has 2 heterocycles. The fourth-order valence-electron chi connectivity index (χ4n) is 2.88. The van der Waals surface area contributed by atoms with Crippen molar-refractivity contribution in [2.24, 2.45) is 7.05 Å². The molecule has 4 heteroatoms. The highest BCUT2D eigenvalue weighted by Crippen LogP contribution is 2.15. The average Bonchev–Trinajstić information content (AvgIpc) is 2.75. The van der Waals surface area contributed by atoms with Crippen molar-refractivity contribution in [1.82, 2.24) is 19.8 Å². The summed E-state index contributed by atoms with van der Waals surface area (Å²) in [5, 5.41) is 3.43. The van der Waals surface area contributed by atoms with Gasteiger partial charge in [0.2, 0.25) is 0 Å². The van der Waals surface area contributed by atoms with E-state index < -0.39 is 0 Å². The molecule has 0 unspecified atom stereocenters. The Morgan fingerprint density at radius 3 is 3.00 bits per heavy atom. The smallest absolute Gasteiger partial charge is 0.110 e. The van der Waals surface area contributed by atoms with E-state index in [2.05, 4.69) is 53.0 Å². The number of hydrogen-bond acceptors (Lipinski definition) is 3. The lowest BCUT2D eigenvalue weighted by Crippen LogP contribution is -2.50. The van der Waals surface area contributed by atoms with Crippen LogP contribution in [0.15, 0.2) is 24.3 Å². The van der Waals surface area contributed by atoms with Gasteiger partial charge >= 0.3 is 0 Å². The summed E-state index contributed by atoms with van der Waals surface area (Å²) in [6, 6.07) is 8.98. The van der Waals surface area contributed by atoms with Crippen LogP contribution in [0, 0.1) is 0 Å². The van der Waals surface area contributed by atoms with Crippen LogP contribution in [0.1, 0.15) is 12.7 Å². The molecule has 2 aromatic rings. The second-order valence-corrected chi connectivity index (χ2v) is 5.41. The molecule has 3 rings (SSSR count). The first-order chi connectivity index (χ1) is 9.25. The lowest BCUT2D eigenvalue weighted by Gasteiger charge is -2.33. The summed E-state index contributed by atoms with van der Waals surface area (Å²) in [4.78, 5) is 7.29. The van der Waals surface area contributed by atoms with Gasteiger partial charge in [0, 0.05) is 45.7 Å². The van der Waals surface area contributed by atoms with Crippen molar-refractivity contribution in [3.8, 4) is 0 Å². The van der Waals surface area contributed by atoms with Gasteiger partial charge in [0.25, 0.3) is 0 Å². The highest BCUT2D eigenvalue weighted by atomic mass is 15.2. The fourth-order valence-corrected chi connectivity index (χ4v) is 2.88. The molecule has 0 saturated carbocycles. The number of rotatable bonds is 3. The zero-order valence-electron chi connectivity index (χ0n) is 11.8. The van der Waals surface area contributed by atoms with Crippen molar-refractivity contribution < 1.29 is 0 Å². The number of aromatic nitrogens is 2. The minimum absolute atomic E-state index is 0.628. The first-order valence-corrected chi connectivity index (χ1v) is 7.11. The van der Waals surface area contributed by atoms with Crippen LogP contribution in [0.2, 0.25) is 0 Å². The molecule has 0 bridgehead atoms. The summed E-state index contributed by atoms with van der Waals surface area (Å²) in [5.41, 5.74) is 2.33. The first kappa shape index (κ1) is 12.6. The molecule has 1 aliphatic heterocycles. The number of benzene rings is 1. The summed E-state index contributed by atoms with van der Waals surface area (Å²) in [7, 11) is 2.12. The first-order valence-electron chi connectivity index (χ1n) is 7.11. The molecule has 0 amide bonds. The number of nitrogens with one attached hydrogen (secondary N) is 1. The van der Waals surface area contributed by atoms with Crippen LogP contribution < -0.4 is 5.32 Å². The molecule has 1 N–H and O–H groups in total. The number of piperazine rings is 1. The molecule has 0 radical (unpaired) electrons. The molecule has 1 aromatic carbocycles. The molecule has 1 aromatic heterocycles. The number of hydrogen-bond donors (Lipinski definition) is 1.